The summed E-state index contributed by atoms with van der Waals surface area (Å²) in [6, 6.07) is 7.61. The van der Waals surface area contributed by atoms with Gasteiger partial charge in [0.25, 0.3) is 0 Å². The number of quaternary nitrogens is 1. The van der Waals surface area contributed by atoms with Gasteiger partial charge in [0, 0.05) is 24.3 Å². The smallest absolute Gasteiger partial charge is 0.313 e. The van der Waals surface area contributed by atoms with Gasteiger partial charge in [-0.25, -0.2) is 4.79 Å². The molecule has 1 fully saturated rings. The first kappa shape index (κ1) is 21.9. The quantitative estimate of drug-likeness (QED) is 0.406. The summed E-state index contributed by atoms with van der Waals surface area (Å²) in [5.41, 5.74) is 1.03. The van der Waals surface area contributed by atoms with E-state index in [-0.39, 0.29) is 0 Å². The van der Waals surface area contributed by atoms with E-state index in [0.717, 1.165) is 69.5 Å². The molecule has 1 saturated heterocycles. The summed E-state index contributed by atoms with van der Waals surface area (Å²) in [6.07, 6.45) is 7.48. The number of aromatic amines is 1. The second kappa shape index (κ2) is 10.8. The summed E-state index contributed by atoms with van der Waals surface area (Å²) in [5.74, 6) is 1.10. The number of aliphatic hydroxyl groups excluding tert-OH is 1. The molecule has 1 aliphatic rings. The molecule has 3 rings (SSSR count). The van der Waals surface area contributed by atoms with Crippen LogP contribution < -0.4 is 0 Å². The molecule has 2 unspecified atom stereocenters. The number of halogens is 1. The molecule has 1 aromatic heterocycles. The van der Waals surface area contributed by atoms with Crippen molar-refractivity contribution in [3.8, 4) is 0 Å². The van der Waals surface area contributed by atoms with Gasteiger partial charge < -0.3 is 5.11 Å². The van der Waals surface area contributed by atoms with E-state index in [1.807, 2.05) is 24.3 Å². The average Bonchev–Trinajstić information content (AvgIpc) is 3.33. The molecule has 1 aliphatic heterocycles. The molecule has 0 saturated carbocycles. The van der Waals surface area contributed by atoms with Gasteiger partial charge in [0.15, 0.2) is 5.82 Å². The van der Waals surface area contributed by atoms with Crippen molar-refractivity contribution in [1.82, 2.24) is 20.6 Å². The number of rotatable bonds is 12. The molecule has 29 heavy (non-hydrogen) atoms. The summed E-state index contributed by atoms with van der Waals surface area (Å²) in [7, 11) is 0. The molecule has 1 amide bonds. The zero-order valence-electron chi connectivity index (χ0n) is 16.9. The highest BCUT2D eigenvalue weighted by Crippen LogP contribution is 2.24. The lowest BCUT2D eigenvalue weighted by Gasteiger charge is -2.32. The zero-order valence-corrected chi connectivity index (χ0v) is 17.7. The minimum Gasteiger partial charge on any atom is -0.393 e. The van der Waals surface area contributed by atoms with Crippen molar-refractivity contribution in [2.24, 2.45) is 0 Å². The molecule has 0 spiro atoms. The average molecular weight is 421 g/mol. The van der Waals surface area contributed by atoms with Crippen LogP contribution in [-0.4, -0.2) is 61.9 Å². The Balaban J connectivity index is 1.41. The van der Waals surface area contributed by atoms with E-state index in [1.54, 1.807) is 0 Å². The second-order valence-electron chi connectivity index (χ2n) is 8.08. The van der Waals surface area contributed by atoms with Gasteiger partial charge in [0.2, 0.25) is 0 Å². The fourth-order valence-electron chi connectivity index (χ4n) is 4.25. The highest BCUT2D eigenvalue weighted by molar-refractivity contribution is 6.30. The number of tetrazole rings is 1. The van der Waals surface area contributed by atoms with Gasteiger partial charge in [-0.2, -0.15) is 5.21 Å². The molecule has 2 heterocycles. The van der Waals surface area contributed by atoms with Crippen LogP contribution in [0.3, 0.4) is 0 Å². The molecule has 7 nitrogen and oxygen atoms in total. The van der Waals surface area contributed by atoms with E-state index in [1.165, 1.54) is 0 Å². The normalized spacial score (nSPS) is 20.3. The number of carbonyl (C=O) groups excluding carboxylic acids is 1. The summed E-state index contributed by atoms with van der Waals surface area (Å²) < 4.78 is 0.539. The Labute approximate surface area is 177 Å². The number of aromatic nitrogens is 4. The van der Waals surface area contributed by atoms with E-state index < -0.39 is 6.10 Å². The van der Waals surface area contributed by atoms with Gasteiger partial charge in [0.1, 0.15) is 0 Å². The number of nitrogens with one attached hydrogen (secondary N) is 1. The van der Waals surface area contributed by atoms with Gasteiger partial charge >= 0.3 is 5.91 Å². The van der Waals surface area contributed by atoms with Crippen molar-refractivity contribution in [2.75, 3.05) is 19.6 Å². The number of amides is 1. The Bertz CT molecular complexity index is 770. The number of carbonyl (C=O) groups is 1. The van der Waals surface area contributed by atoms with E-state index in [4.69, 9.17) is 11.6 Å². The van der Waals surface area contributed by atoms with Crippen LogP contribution in [0, 0.1) is 0 Å². The maximum atomic E-state index is 12.6. The van der Waals surface area contributed by atoms with Gasteiger partial charge in [-0.3, -0.25) is 4.48 Å². The minimum atomic E-state index is -0.452. The number of H-pyrrole nitrogens is 1. The van der Waals surface area contributed by atoms with Crippen molar-refractivity contribution in [3.05, 3.63) is 40.7 Å². The third-order valence-electron chi connectivity index (χ3n) is 5.88. The molecule has 158 valence electrons. The highest BCUT2D eigenvalue weighted by Gasteiger charge is 2.40. The van der Waals surface area contributed by atoms with Crippen molar-refractivity contribution in [1.29, 1.82) is 0 Å². The Morgan fingerprint density at radius 1 is 1.21 bits per heavy atom. The fourth-order valence-corrected chi connectivity index (χ4v) is 4.47. The van der Waals surface area contributed by atoms with Crippen molar-refractivity contribution in [3.63, 3.8) is 0 Å². The molecule has 2 N–H and O–H groups in total. The predicted molar refractivity (Wildman–Crippen MR) is 111 cm³/mol. The third-order valence-corrected chi connectivity index (χ3v) is 6.12. The van der Waals surface area contributed by atoms with E-state index in [2.05, 4.69) is 20.6 Å². The lowest BCUT2D eigenvalue weighted by atomic mass is 10.0. The molecule has 1 aromatic carbocycles. The maximum absolute atomic E-state index is 12.6. The van der Waals surface area contributed by atoms with Crippen LogP contribution in [0.25, 0.3) is 0 Å². The first-order chi connectivity index (χ1) is 14.1. The number of aryl methyl sites for hydroxylation is 1. The van der Waals surface area contributed by atoms with Crippen LogP contribution in [0.1, 0.15) is 56.3 Å². The van der Waals surface area contributed by atoms with Crippen LogP contribution in [0.2, 0.25) is 5.02 Å². The first-order valence-corrected chi connectivity index (χ1v) is 11.0. The molecule has 0 bridgehead atoms. The third kappa shape index (κ3) is 6.59. The fraction of sp³-hybridized carbons (Fsp3) is 0.619. The summed E-state index contributed by atoms with van der Waals surface area (Å²) >= 11 is 6.03. The molecular weight excluding hydrogens is 390 g/mol. The number of likely N-dealkylation sites (tertiary alicyclic amines) is 1. The maximum Gasteiger partial charge on any atom is 0.313 e. The molecule has 0 aliphatic carbocycles. The van der Waals surface area contributed by atoms with Gasteiger partial charge in [-0.15, -0.1) is 10.2 Å². The zero-order chi connectivity index (χ0) is 20.5. The van der Waals surface area contributed by atoms with Crippen molar-refractivity contribution in [2.45, 2.75) is 63.9 Å². The van der Waals surface area contributed by atoms with Gasteiger partial charge in [0.05, 0.1) is 32.2 Å². The van der Waals surface area contributed by atoms with E-state index >= 15 is 0 Å². The van der Waals surface area contributed by atoms with Crippen LogP contribution in [0.15, 0.2) is 24.3 Å². The van der Waals surface area contributed by atoms with Crippen molar-refractivity contribution < 1.29 is 14.4 Å². The lowest BCUT2D eigenvalue weighted by Crippen LogP contribution is -2.51. The van der Waals surface area contributed by atoms with Gasteiger partial charge in [-0.1, -0.05) is 35.4 Å². The van der Waals surface area contributed by atoms with Crippen molar-refractivity contribution >= 4 is 17.5 Å². The molecule has 2 aromatic rings. The Morgan fingerprint density at radius 2 is 2.07 bits per heavy atom. The summed E-state index contributed by atoms with van der Waals surface area (Å²) in [5, 5.41) is 25.2. The first-order valence-electron chi connectivity index (χ1n) is 10.6. The number of aliphatic hydroxyl groups is 1. The monoisotopic (exact) mass is 420 g/mol. The Hall–Kier alpha value is -1.83. The largest absolute Gasteiger partial charge is 0.393 e. The molecule has 0 radical (unpaired) electrons. The topological polar surface area (TPSA) is 91.8 Å². The Kier molecular flexibility index (Phi) is 8.15. The minimum absolute atomic E-state index is 0.340. The number of benzene rings is 1. The predicted octanol–water partition coefficient (Wildman–Crippen LogP) is 3.09. The van der Waals surface area contributed by atoms with Gasteiger partial charge in [-0.05, 0) is 43.4 Å². The summed E-state index contributed by atoms with van der Waals surface area (Å²) in [4.78, 5) is 12.6. The Morgan fingerprint density at radius 3 is 2.79 bits per heavy atom. The lowest BCUT2D eigenvalue weighted by molar-refractivity contribution is -0.847. The number of hydrogen-bond acceptors (Lipinski definition) is 5. The number of hydrogen-bond donors (Lipinski definition) is 2. The van der Waals surface area contributed by atoms with Crippen LogP contribution in [-0.2, 0) is 17.6 Å². The standard InChI is InChI=1S/C21H31ClN5O2/c22-18-8-5-7-17(15-18)16-19(28)11-14-27(13-6-10-21(27)29)12-4-2-1-3-9-20-23-25-26-24-20/h5,7-8,15,19,28H,1-4,6,9-14,16H2,(H,23,24,25,26)/q+1. The SMILES string of the molecule is O=C1CCC[N+]1(CCCCCCc1nn[nH]n1)CCC(O)Cc1cccc(Cl)c1. The molecule has 2 atom stereocenters. The number of nitrogens with zero attached hydrogens (tertiary/aromatic N) is 4. The molecule has 8 heteroatoms. The van der Waals surface area contributed by atoms with E-state index in [0.29, 0.717) is 34.7 Å². The second-order valence-corrected chi connectivity index (χ2v) is 8.52. The van der Waals surface area contributed by atoms with Crippen LogP contribution in [0.4, 0.5) is 0 Å². The number of unbranched alkanes of at least 4 members (excludes halogenated alkanes) is 3. The summed E-state index contributed by atoms with van der Waals surface area (Å²) in [6.45, 7) is 2.51. The molecular formula is C21H31ClN5O2+. The highest BCUT2D eigenvalue weighted by atomic mass is 35.5. The van der Waals surface area contributed by atoms with Crippen LogP contribution >= 0.6 is 11.6 Å². The van der Waals surface area contributed by atoms with E-state index in [9.17, 15) is 9.90 Å². The van der Waals surface area contributed by atoms with Crippen LogP contribution in [0.5, 0.6) is 0 Å².